The standard InChI is InChI=1S/C26H19NO3/c28-14-2-1-13-27-25(29)20-11-9-18-16-7-3-5-15-6-4-8-17(22(15)16)19-10-12-21(26(27)30)24(20)23(18)19/h3-12,28H,1-2,13-14H2. The van der Waals surface area contributed by atoms with Crippen LogP contribution in [-0.2, 0) is 0 Å². The minimum atomic E-state index is -0.244. The average Bonchev–Trinajstić information content (AvgIpc) is 2.78. The van der Waals surface area contributed by atoms with Crippen molar-refractivity contribution in [1.29, 1.82) is 0 Å². The zero-order valence-corrected chi connectivity index (χ0v) is 16.3. The van der Waals surface area contributed by atoms with Crippen molar-refractivity contribution in [2.24, 2.45) is 0 Å². The van der Waals surface area contributed by atoms with Crippen molar-refractivity contribution in [1.82, 2.24) is 4.90 Å². The Kier molecular flexibility index (Phi) is 3.62. The second kappa shape index (κ2) is 6.25. The van der Waals surface area contributed by atoms with Gasteiger partial charge in [0.2, 0.25) is 0 Å². The summed E-state index contributed by atoms with van der Waals surface area (Å²) in [4.78, 5) is 27.8. The highest BCUT2D eigenvalue weighted by molar-refractivity contribution is 6.38. The lowest BCUT2D eigenvalue weighted by Gasteiger charge is -2.28. The van der Waals surface area contributed by atoms with Gasteiger partial charge in [-0.1, -0.05) is 48.5 Å². The highest BCUT2D eigenvalue weighted by Gasteiger charge is 2.33. The molecule has 0 fully saturated rings. The molecule has 0 radical (unpaired) electrons. The van der Waals surface area contributed by atoms with Gasteiger partial charge >= 0.3 is 0 Å². The number of fused-ring (bicyclic) bond motifs is 2. The van der Waals surface area contributed by atoms with Crippen LogP contribution in [0.5, 0.6) is 0 Å². The van der Waals surface area contributed by atoms with Crippen LogP contribution in [0.4, 0.5) is 0 Å². The third-order valence-corrected chi connectivity index (χ3v) is 6.39. The van der Waals surface area contributed by atoms with Crippen molar-refractivity contribution in [2.75, 3.05) is 13.2 Å². The summed E-state index contributed by atoms with van der Waals surface area (Å²) in [5.74, 6) is -0.489. The first kappa shape index (κ1) is 17.4. The first-order chi connectivity index (χ1) is 14.7. The molecule has 1 aliphatic heterocycles. The highest BCUT2D eigenvalue weighted by atomic mass is 16.3. The molecular formula is C26H19NO3. The summed E-state index contributed by atoms with van der Waals surface area (Å²) in [5, 5.41) is 17.7. The SMILES string of the molecule is O=C1c2ccc3c4cccc5cccc(c6ccc(c2c36)C(=O)N1CCCCO)c54. The van der Waals surface area contributed by atoms with Gasteiger partial charge in [-0.05, 0) is 62.7 Å². The Balaban J connectivity index is 1.71. The largest absolute Gasteiger partial charge is 0.396 e. The van der Waals surface area contributed by atoms with Gasteiger partial charge in [0, 0.05) is 29.7 Å². The van der Waals surface area contributed by atoms with Crippen molar-refractivity contribution in [3.05, 3.63) is 71.8 Å². The van der Waals surface area contributed by atoms with E-state index in [0.717, 1.165) is 32.3 Å². The van der Waals surface area contributed by atoms with E-state index in [4.69, 9.17) is 5.11 Å². The molecule has 4 nitrogen and oxygen atoms in total. The number of rotatable bonds is 4. The van der Waals surface area contributed by atoms with E-state index in [1.54, 1.807) is 0 Å². The Bertz CT molecular complexity index is 1400. The fourth-order valence-corrected chi connectivity index (χ4v) is 5.06. The molecule has 2 amide bonds. The lowest BCUT2D eigenvalue weighted by Crippen LogP contribution is -2.41. The summed E-state index contributed by atoms with van der Waals surface area (Å²) < 4.78 is 0. The van der Waals surface area contributed by atoms with Gasteiger partial charge in [-0.3, -0.25) is 14.5 Å². The second-order valence-corrected chi connectivity index (χ2v) is 7.97. The average molecular weight is 393 g/mol. The van der Waals surface area contributed by atoms with E-state index in [0.29, 0.717) is 30.5 Å². The van der Waals surface area contributed by atoms with E-state index >= 15 is 0 Å². The molecule has 0 bridgehead atoms. The number of carbonyl (C=O) groups excluding carboxylic acids is 2. The van der Waals surface area contributed by atoms with Crippen LogP contribution < -0.4 is 0 Å². The molecule has 1 N–H and O–H groups in total. The number of nitrogens with zero attached hydrogens (tertiary/aromatic N) is 1. The van der Waals surface area contributed by atoms with Crippen molar-refractivity contribution < 1.29 is 14.7 Å². The Morgan fingerprint density at radius 1 is 0.633 bits per heavy atom. The maximum absolute atomic E-state index is 13.2. The summed E-state index contributed by atoms with van der Waals surface area (Å²) in [6.07, 6.45) is 1.16. The van der Waals surface area contributed by atoms with Gasteiger partial charge in [0.15, 0.2) is 0 Å². The molecule has 0 saturated carbocycles. The highest BCUT2D eigenvalue weighted by Crippen LogP contribution is 2.43. The quantitative estimate of drug-likeness (QED) is 0.200. The number of imide groups is 1. The molecule has 1 heterocycles. The van der Waals surface area contributed by atoms with E-state index < -0.39 is 0 Å². The normalized spacial score (nSPS) is 14.1. The smallest absolute Gasteiger partial charge is 0.261 e. The minimum absolute atomic E-state index is 0.0556. The molecule has 30 heavy (non-hydrogen) atoms. The number of unbranched alkanes of at least 4 members (excludes halogenated alkanes) is 1. The van der Waals surface area contributed by atoms with Crippen LogP contribution in [0.1, 0.15) is 33.6 Å². The van der Waals surface area contributed by atoms with Crippen LogP contribution in [0.25, 0.3) is 43.1 Å². The third-order valence-electron chi connectivity index (χ3n) is 6.39. The number of amides is 2. The van der Waals surface area contributed by atoms with Gasteiger partial charge in [-0.15, -0.1) is 0 Å². The second-order valence-electron chi connectivity index (χ2n) is 7.97. The zero-order chi connectivity index (χ0) is 20.4. The summed E-state index contributed by atoms with van der Waals surface area (Å²) in [6.45, 7) is 0.380. The molecule has 5 aromatic carbocycles. The third kappa shape index (κ3) is 2.14. The molecule has 0 saturated heterocycles. The Morgan fingerprint density at radius 2 is 1.20 bits per heavy atom. The number of aliphatic hydroxyl groups excluding tert-OH is 1. The van der Waals surface area contributed by atoms with E-state index in [2.05, 4.69) is 36.4 Å². The van der Waals surface area contributed by atoms with Gasteiger partial charge in [0.05, 0.1) is 0 Å². The zero-order valence-electron chi connectivity index (χ0n) is 16.3. The van der Waals surface area contributed by atoms with Crippen molar-refractivity contribution in [3.8, 4) is 0 Å². The minimum Gasteiger partial charge on any atom is -0.396 e. The maximum Gasteiger partial charge on any atom is 0.261 e. The lowest BCUT2D eigenvalue weighted by molar-refractivity contribution is 0.0605. The Hall–Kier alpha value is -3.50. The van der Waals surface area contributed by atoms with Gasteiger partial charge in [-0.2, -0.15) is 0 Å². The lowest BCUT2D eigenvalue weighted by atomic mass is 9.85. The number of carbonyl (C=O) groups is 2. The molecule has 0 atom stereocenters. The number of hydrogen-bond donors (Lipinski definition) is 1. The fourth-order valence-electron chi connectivity index (χ4n) is 5.06. The van der Waals surface area contributed by atoms with Crippen LogP contribution >= 0.6 is 0 Å². The van der Waals surface area contributed by atoms with Crippen molar-refractivity contribution in [3.63, 3.8) is 0 Å². The van der Waals surface area contributed by atoms with Crippen LogP contribution in [0.3, 0.4) is 0 Å². The van der Waals surface area contributed by atoms with Crippen LogP contribution in [0.2, 0.25) is 0 Å². The predicted octanol–water partition coefficient (Wildman–Crippen LogP) is 5.11. The van der Waals surface area contributed by atoms with E-state index in [1.165, 1.54) is 15.7 Å². The Morgan fingerprint density at radius 3 is 1.77 bits per heavy atom. The molecule has 0 aromatic heterocycles. The molecule has 0 aliphatic carbocycles. The molecule has 6 rings (SSSR count). The van der Waals surface area contributed by atoms with Gasteiger partial charge in [0.1, 0.15) is 0 Å². The predicted molar refractivity (Wildman–Crippen MR) is 119 cm³/mol. The molecular weight excluding hydrogens is 374 g/mol. The molecule has 0 unspecified atom stereocenters. The van der Waals surface area contributed by atoms with Crippen LogP contribution in [-0.4, -0.2) is 35.0 Å². The van der Waals surface area contributed by atoms with E-state index in [1.807, 2.05) is 24.3 Å². The molecule has 5 aromatic rings. The van der Waals surface area contributed by atoms with Crippen LogP contribution in [0.15, 0.2) is 60.7 Å². The summed E-state index contributed by atoms with van der Waals surface area (Å²) in [5.41, 5.74) is 1.17. The number of aliphatic hydroxyl groups is 1. The summed E-state index contributed by atoms with van der Waals surface area (Å²) in [6, 6.07) is 20.4. The summed E-state index contributed by atoms with van der Waals surface area (Å²) >= 11 is 0. The van der Waals surface area contributed by atoms with Gasteiger partial charge < -0.3 is 5.11 Å². The molecule has 1 aliphatic rings. The number of hydrogen-bond acceptors (Lipinski definition) is 3. The van der Waals surface area contributed by atoms with Gasteiger partial charge in [0.25, 0.3) is 11.8 Å². The molecule has 4 heteroatoms. The van der Waals surface area contributed by atoms with Crippen molar-refractivity contribution >= 4 is 54.9 Å². The van der Waals surface area contributed by atoms with E-state index in [-0.39, 0.29) is 18.4 Å². The van der Waals surface area contributed by atoms with E-state index in [9.17, 15) is 9.59 Å². The van der Waals surface area contributed by atoms with Crippen molar-refractivity contribution in [2.45, 2.75) is 12.8 Å². The Labute approximate surface area is 172 Å². The first-order valence-corrected chi connectivity index (χ1v) is 10.3. The number of benzene rings is 5. The molecule has 0 spiro atoms. The monoisotopic (exact) mass is 393 g/mol. The summed E-state index contributed by atoms with van der Waals surface area (Å²) in [7, 11) is 0. The van der Waals surface area contributed by atoms with Gasteiger partial charge in [-0.25, -0.2) is 0 Å². The maximum atomic E-state index is 13.2. The van der Waals surface area contributed by atoms with Crippen LogP contribution in [0, 0.1) is 0 Å². The fraction of sp³-hybridized carbons (Fsp3) is 0.154. The topological polar surface area (TPSA) is 57.6 Å². The first-order valence-electron chi connectivity index (χ1n) is 10.3. The molecule has 146 valence electrons.